The van der Waals surface area contributed by atoms with Gasteiger partial charge in [0.05, 0.1) is 6.20 Å². The first-order valence-corrected chi connectivity index (χ1v) is 4.77. The third kappa shape index (κ3) is 3.30. The topological polar surface area (TPSA) is 63.8 Å². The van der Waals surface area contributed by atoms with Gasteiger partial charge in [-0.2, -0.15) is 5.10 Å². The number of nitrogens with one attached hydrogen (secondary N) is 1. The number of hydrogen-bond donors (Lipinski definition) is 2. The summed E-state index contributed by atoms with van der Waals surface area (Å²) in [7, 11) is 0. The lowest BCUT2D eigenvalue weighted by Gasteiger charge is -2.22. The molecular weight excluding hydrogens is 176 g/mol. The van der Waals surface area contributed by atoms with E-state index in [9.17, 15) is 0 Å². The molecule has 0 spiro atoms. The van der Waals surface area contributed by atoms with E-state index in [1.165, 1.54) is 0 Å². The molecule has 0 saturated heterocycles. The van der Waals surface area contributed by atoms with Gasteiger partial charge in [-0.3, -0.25) is 0 Å². The van der Waals surface area contributed by atoms with Crippen LogP contribution in [0, 0.1) is 12.3 Å². The van der Waals surface area contributed by atoms with Crippen LogP contribution in [0.4, 0.5) is 5.82 Å². The van der Waals surface area contributed by atoms with Gasteiger partial charge in [-0.1, -0.05) is 13.8 Å². The lowest BCUT2D eigenvalue weighted by molar-refractivity contribution is 0.405. The SMILES string of the molecule is Cc1cnnc(NCC(C)(C)CN)c1. The maximum atomic E-state index is 5.62. The molecule has 1 aromatic heterocycles. The summed E-state index contributed by atoms with van der Waals surface area (Å²) in [5.74, 6) is 0.812. The summed E-state index contributed by atoms with van der Waals surface area (Å²) in [5.41, 5.74) is 6.82. The summed E-state index contributed by atoms with van der Waals surface area (Å²) in [6, 6.07) is 1.97. The van der Waals surface area contributed by atoms with Crippen molar-refractivity contribution in [1.82, 2.24) is 10.2 Å². The number of anilines is 1. The second-order valence-electron chi connectivity index (χ2n) is 4.34. The fraction of sp³-hybridized carbons (Fsp3) is 0.600. The van der Waals surface area contributed by atoms with E-state index >= 15 is 0 Å². The fourth-order valence-electron chi connectivity index (χ4n) is 0.952. The Balaban J connectivity index is 2.54. The van der Waals surface area contributed by atoms with Gasteiger partial charge in [0, 0.05) is 6.54 Å². The van der Waals surface area contributed by atoms with E-state index in [2.05, 4.69) is 29.4 Å². The molecule has 1 heterocycles. The average Bonchev–Trinajstić information content (AvgIpc) is 2.15. The summed E-state index contributed by atoms with van der Waals surface area (Å²) in [4.78, 5) is 0. The lowest BCUT2D eigenvalue weighted by atomic mass is 9.94. The Bertz CT molecular complexity index is 296. The molecule has 4 nitrogen and oxygen atoms in total. The third-order valence-electron chi connectivity index (χ3n) is 2.09. The van der Waals surface area contributed by atoms with Crippen molar-refractivity contribution in [1.29, 1.82) is 0 Å². The molecule has 0 aromatic carbocycles. The minimum absolute atomic E-state index is 0.0887. The molecular formula is C10H18N4. The second-order valence-corrected chi connectivity index (χ2v) is 4.34. The molecule has 1 rings (SSSR count). The Labute approximate surface area is 84.9 Å². The number of hydrogen-bond acceptors (Lipinski definition) is 4. The Morgan fingerprint density at radius 3 is 2.79 bits per heavy atom. The lowest BCUT2D eigenvalue weighted by Crippen LogP contribution is -2.31. The Morgan fingerprint density at radius 2 is 2.21 bits per heavy atom. The summed E-state index contributed by atoms with van der Waals surface area (Å²) < 4.78 is 0. The first-order valence-electron chi connectivity index (χ1n) is 4.77. The summed E-state index contributed by atoms with van der Waals surface area (Å²) in [5, 5.41) is 11.1. The van der Waals surface area contributed by atoms with Crippen LogP contribution in [0.25, 0.3) is 0 Å². The van der Waals surface area contributed by atoms with Gasteiger partial charge in [0.1, 0.15) is 5.82 Å². The molecule has 0 radical (unpaired) electrons. The zero-order chi connectivity index (χ0) is 10.6. The standard InChI is InChI=1S/C10H18N4/c1-8-4-9(14-13-5-8)12-7-10(2,3)6-11/h4-5H,6-7,11H2,1-3H3,(H,12,14). The highest BCUT2D eigenvalue weighted by molar-refractivity contribution is 5.35. The highest BCUT2D eigenvalue weighted by Crippen LogP contribution is 2.13. The first kappa shape index (κ1) is 10.9. The molecule has 14 heavy (non-hydrogen) atoms. The molecule has 0 aliphatic rings. The second kappa shape index (κ2) is 4.37. The summed E-state index contributed by atoms with van der Waals surface area (Å²) in [6.45, 7) is 7.68. The van der Waals surface area contributed by atoms with E-state index in [4.69, 9.17) is 5.73 Å². The van der Waals surface area contributed by atoms with Gasteiger partial charge < -0.3 is 11.1 Å². The van der Waals surface area contributed by atoms with Gasteiger partial charge in [-0.25, -0.2) is 0 Å². The van der Waals surface area contributed by atoms with Gasteiger partial charge in [-0.15, -0.1) is 5.10 Å². The van der Waals surface area contributed by atoms with Gasteiger partial charge in [0.25, 0.3) is 0 Å². The Morgan fingerprint density at radius 1 is 1.50 bits per heavy atom. The van der Waals surface area contributed by atoms with E-state index in [0.717, 1.165) is 17.9 Å². The zero-order valence-electron chi connectivity index (χ0n) is 9.04. The molecule has 0 amide bonds. The number of nitrogens with zero attached hydrogens (tertiary/aromatic N) is 2. The fourth-order valence-corrected chi connectivity index (χ4v) is 0.952. The molecule has 0 unspecified atom stereocenters. The predicted molar refractivity (Wildman–Crippen MR) is 58.1 cm³/mol. The van der Waals surface area contributed by atoms with Crippen molar-refractivity contribution < 1.29 is 0 Å². The monoisotopic (exact) mass is 194 g/mol. The normalized spacial score (nSPS) is 11.4. The van der Waals surface area contributed by atoms with E-state index in [1.807, 2.05) is 13.0 Å². The van der Waals surface area contributed by atoms with Gasteiger partial charge in [0.2, 0.25) is 0 Å². The Hall–Kier alpha value is -1.16. The van der Waals surface area contributed by atoms with Crippen LogP contribution in [0.3, 0.4) is 0 Å². The zero-order valence-corrected chi connectivity index (χ0v) is 9.04. The third-order valence-corrected chi connectivity index (χ3v) is 2.09. The average molecular weight is 194 g/mol. The Kier molecular flexibility index (Phi) is 3.41. The molecule has 3 N–H and O–H groups in total. The van der Waals surface area contributed by atoms with Gasteiger partial charge in [0.15, 0.2) is 0 Å². The van der Waals surface area contributed by atoms with Crippen molar-refractivity contribution in [3.05, 3.63) is 17.8 Å². The van der Waals surface area contributed by atoms with Crippen LogP contribution in [-0.4, -0.2) is 23.3 Å². The molecule has 1 aromatic rings. The highest BCUT2D eigenvalue weighted by Gasteiger charge is 2.14. The van der Waals surface area contributed by atoms with Crippen LogP contribution >= 0.6 is 0 Å². The molecule has 4 heteroatoms. The number of aromatic nitrogens is 2. The van der Waals surface area contributed by atoms with E-state index in [1.54, 1.807) is 6.20 Å². The largest absolute Gasteiger partial charge is 0.368 e. The van der Waals surface area contributed by atoms with Crippen LogP contribution < -0.4 is 11.1 Å². The smallest absolute Gasteiger partial charge is 0.148 e. The van der Waals surface area contributed by atoms with Crippen molar-refractivity contribution in [2.75, 3.05) is 18.4 Å². The molecule has 0 fully saturated rings. The highest BCUT2D eigenvalue weighted by atomic mass is 15.2. The van der Waals surface area contributed by atoms with E-state index in [-0.39, 0.29) is 5.41 Å². The van der Waals surface area contributed by atoms with Crippen LogP contribution in [0.5, 0.6) is 0 Å². The molecule has 0 bridgehead atoms. The van der Waals surface area contributed by atoms with Crippen molar-refractivity contribution in [3.63, 3.8) is 0 Å². The summed E-state index contributed by atoms with van der Waals surface area (Å²) >= 11 is 0. The van der Waals surface area contributed by atoms with Crippen molar-refractivity contribution in [2.45, 2.75) is 20.8 Å². The number of aryl methyl sites for hydroxylation is 1. The van der Waals surface area contributed by atoms with Crippen LogP contribution in [0.1, 0.15) is 19.4 Å². The van der Waals surface area contributed by atoms with E-state index in [0.29, 0.717) is 6.54 Å². The van der Waals surface area contributed by atoms with Crippen LogP contribution in [-0.2, 0) is 0 Å². The van der Waals surface area contributed by atoms with Gasteiger partial charge >= 0.3 is 0 Å². The van der Waals surface area contributed by atoms with Crippen molar-refractivity contribution in [3.8, 4) is 0 Å². The predicted octanol–water partition coefficient (Wildman–Crippen LogP) is 1.18. The maximum Gasteiger partial charge on any atom is 0.148 e. The molecule has 0 saturated carbocycles. The maximum absolute atomic E-state index is 5.62. The number of rotatable bonds is 4. The first-order chi connectivity index (χ1) is 6.53. The molecule has 0 aliphatic heterocycles. The van der Waals surface area contributed by atoms with Crippen molar-refractivity contribution in [2.24, 2.45) is 11.1 Å². The van der Waals surface area contributed by atoms with Crippen molar-refractivity contribution >= 4 is 5.82 Å². The summed E-state index contributed by atoms with van der Waals surface area (Å²) in [6.07, 6.45) is 1.74. The van der Waals surface area contributed by atoms with E-state index < -0.39 is 0 Å². The van der Waals surface area contributed by atoms with Gasteiger partial charge in [-0.05, 0) is 30.5 Å². The minimum Gasteiger partial charge on any atom is -0.368 e. The molecule has 78 valence electrons. The van der Waals surface area contributed by atoms with Crippen LogP contribution in [0.2, 0.25) is 0 Å². The minimum atomic E-state index is 0.0887. The molecule has 0 aliphatic carbocycles. The quantitative estimate of drug-likeness (QED) is 0.755. The van der Waals surface area contributed by atoms with Crippen LogP contribution in [0.15, 0.2) is 12.3 Å². The number of nitrogens with two attached hydrogens (primary N) is 1. The molecule has 0 atom stereocenters.